The summed E-state index contributed by atoms with van der Waals surface area (Å²) >= 11 is 0. The number of amides is 2. The van der Waals surface area contributed by atoms with Gasteiger partial charge in [-0.1, -0.05) is 12.2 Å². The van der Waals surface area contributed by atoms with Crippen molar-refractivity contribution in [3.8, 4) is 0 Å². The fraction of sp³-hybridized carbons (Fsp3) is 0.733. The zero-order valence-electron chi connectivity index (χ0n) is 13.2. The van der Waals surface area contributed by atoms with E-state index in [1.165, 1.54) is 0 Å². The molecule has 0 saturated carbocycles. The second kappa shape index (κ2) is 5.85. The normalized spacial score (nSPS) is 18.8. The Hall–Kier alpha value is -1.52. The van der Waals surface area contributed by atoms with Gasteiger partial charge in [0.15, 0.2) is 0 Å². The van der Waals surface area contributed by atoms with Crippen LogP contribution in [0.25, 0.3) is 0 Å². The Morgan fingerprint density at radius 2 is 1.45 bits per heavy atom. The molecule has 20 heavy (non-hydrogen) atoms. The lowest BCUT2D eigenvalue weighted by Gasteiger charge is -2.31. The van der Waals surface area contributed by atoms with Crippen LogP contribution in [0.5, 0.6) is 0 Å². The average Bonchev–Trinajstić information content (AvgIpc) is 2.64. The van der Waals surface area contributed by atoms with Crippen LogP contribution >= 0.6 is 0 Å². The molecular weight excluding hydrogens is 258 g/mol. The molecule has 0 unspecified atom stereocenters. The second-order valence-electron chi connectivity index (χ2n) is 6.90. The van der Waals surface area contributed by atoms with Crippen LogP contribution in [0.2, 0.25) is 0 Å². The number of hydrogen-bond donors (Lipinski definition) is 0. The van der Waals surface area contributed by atoms with Gasteiger partial charge in [-0.3, -0.25) is 0 Å². The van der Waals surface area contributed by atoms with E-state index in [1.807, 2.05) is 12.2 Å². The quantitative estimate of drug-likeness (QED) is 0.685. The predicted octanol–water partition coefficient (Wildman–Crippen LogP) is 3.88. The van der Waals surface area contributed by atoms with Gasteiger partial charge in [-0.15, -0.1) is 0 Å². The molecule has 0 saturated heterocycles. The molecule has 1 rings (SSSR count). The van der Waals surface area contributed by atoms with Gasteiger partial charge >= 0.3 is 12.2 Å². The van der Waals surface area contributed by atoms with Crippen molar-refractivity contribution < 1.29 is 19.1 Å². The average molecular weight is 283 g/mol. The smallest absolute Gasteiger partial charge is 0.420 e. The summed E-state index contributed by atoms with van der Waals surface area (Å²) in [5, 5.41) is 0. The van der Waals surface area contributed by atoms with Gasteiger partial charge in [-0.05, 0) is 54.4 Å². The van der Waals surface area contributed by atoms with Crippen LogP contribution < -0.4 is 0 Å². The van der Waals surface area contributed by atoms with E-state index in [9.17, 15) is 9.59 Å². The highest BCUT2D eigenvalue weighted by molar-refractivity contribution is 5.89. The maximum absolute atomic E-state index is 12.2. The number of ether oxygens (including phenoxy) is 2. The van der Waals surface area contributed by atoms with E-state index in [4.69, 9.17) is 9.47 Å². The summed E-state index contributed by atoms with van der Waals surface area (Å²) in [5.74, 6) is 0. The van der Waals surface area contributed by atoms with Crippen molar-refractivity contribution in [2.45, 2.75) is 71.6 Å². The highest BCUT2D eigenvalue weighted by Gasteiger charge is 2.36. The summed E-state index contributed by atoms with van der Waals surface area (Å²) < 4.78 is 10.6. The lowest BCUT2D eigenvalue weighted by Crippen LogP contribution is -2.47. The first-order valence-electron chi connectivity index (χ1n) is 6.91. The summed E-state index contributed by atoms with van der Waals surface area (Å²) in [5.41, 5.74) is -1.31. The molecule has 1 aliphatic carbocycles. The molecule has 1 atom stereocenters. The molecule has 114 valence electrons. The molecule has 0 radical (unpaired) electrons. The minimum atomic E-state index is -0.664. The van der Waals surface area contributed by atoms with E-state index >= 15 is 0 Å². The summed E-state index contributed by atoms with van der Waals surface area (Å²) in [6.45, 7) is 10.6. The Balaban J connectivity index is 2.88. The van der Waals surface area contributed by atoms with Crippen LogP contribution in [0.4, 0.5) is 9.59 Å². The molecule has 5 nitrogen and oxygen atoms in total. The molecule has 5 heteroatoms. The molecule has 0 heterocycles. The monoisotopic (exact) mass is 283 g/mol. The van der Waals surface area contributed by atoms with E-state index in [2.05, 4.69) is 0 Å². The molecule has 0 N–H and O–H groups in total. The van der Waals surface area contributed by atoms with Gasteiger partial charge < -0.3 is 9.47 Å². The van der Waals surface area contributed by atoms with Gasteiger partial charge in [0.05, 0.1) is 6.04 Å². The molecule has 1 aliphatic rings. The topological polar surface area (TPSA) is 55.8 Å². The lowest BCUT2D eigenvalue weighted by atomic mass is 10.2. The predicted molar refractivity (Wildman–Crippen MR) is 76.5 cm³/mol. The molecule has 0 fully saturated rings. The third kappa shape index (κ3) is 5.23. The van der Waals surface area contributed by atoms with Crippen molar-refractivity contribution in [2.75, 3.05) is 0 Å². The molecule has 0 spiro atoms. The SMILES string of the molecule is CC(C)(C)OC(=O)N(C(=O)OC(C)(C)C)[C@H]1C=CCC1. The summed E-state index contributed by atoms with van der Waals surface area (Å²) in [6, 6.07) is -0.292. The molecule has 2 amide bonds. The molecule has 0 aromatic rings. The largest absolute Gasteiger partial charge is 0.443 e. The Labute approximate surface area is 120 Å². The minimum absolute atomic E-state index is 0.292. The van der Waals surface area contributed by atoms with Crippen LogP contribution in [-0.4, -0.2) is 34.3 Å². The number of nitrogens with zero attached hydrogens (tertiary/aromatic N) is 1. The van der Waals surface area contributed by atoms with Gasteiger partial charge in [-0.2, -0.15) is 0 Å². The molecule has 0 aromatic heterocycles. The van der Waals surface area contributed by atoms with Crippen LogP contribution in [0, 0.1) is 0 Å². The summed E-state index contributed by atoms with van der Waals surface area (Å²) in [6.07, 6.45) is 4.01. The third-order valence-electron chi connectivity index (χ3n) is 2.50. The Morgan fingerprint density at radius 1 is 1.00 bits per heavy atom. The number of hydrogen-bond acceptors (Lipinski definition) is 4. The Kier molecular flexibility index (Phi) is 4.84. The number of carbonyl (C=O) groups excluding carboxylic acids is 2. The number of rotatable bonds is 1. The maximum atomic E-state index is 12.2. The summed E-state index contributed by atoms with van der Waals surface area (Å²) in [7, 11) is 0. The zero-order valence-corrected chi connectivity index (χ0v) is 13.2. The van der Waals surface area contributed by atoms with E-state index in [-0.39, 0.29) is 6.04 Å². The standard InChI is InChI=1S/C15H25NO4/c1-14(2,3)19-12(17)16(11-9-7-8-10-11)13(18)20-15(4,5)6/h7,9,11H,8,10H2,1-6H3/t11-/m0/s1. The van der Waals surface area contributed by atoms with E-state index < -0.39 is 23.4 Å². The van der Waals surface area contributed by atoms with Crippen LogP contribution in [-0.2, 0) is 9.47 Å². The van der Waals surface area contributed by atoms with Gasteiger partial charge in [0.2, 0.25) is 0 Å². The first-order valence-corrected chi connectivity index (χ1v) is 6.91. The second-order valence-corrected chi connectivity index (χ2v) is 6.90. The van der Waals surface area contributed by atoms with E-state index in [0.29, 0.717) is 6.42 Å². The molecule has 0 bridgehead atoms. The van der Waals surface area contributed by atoms with Crippen molar-refractivity contribution in [1.82, 2.24) is 4.90 Å². The van der Waals surface area contributed by atoms with E-state index in [1.54, 1.807) is 41.5 Å². The van der Waals surface area contributed by atoms with Crippen LogP contribution in [0.3, 0.4) is 0 Å². The van der Waals surface area contributed by atoms with Crippen molar-refractivity contribution in [3.05, 3.63) is 12.2 Å². The molecular formula is C15H25NO4. The first-order chi connectivity index (χ1) is 8.99. The fourth-order valence-electron chi connectivity index (χ4n) is 1.80. The highest BCUT2D eigenvalue weighted by atomic mass is 16.6. The Bertz CT molecular complexity index is 373. The zero-order chi connectivity index (χ0) is 15.6. The highest BCUT2D eigenvalue weighted by Crippen LogP contribution is 2.22. The number of allylic oxidation sites excluding steroid dienone is 1. The number of imide groups is 1. The Morgan fingerprint density at radius 3 is 1.75 bits per heavy atom. The maximum Gasteiger partial charge on any atom is 0.420 e. The van der Waals surface area contributed by atoms with Crippen molar-refractivity contribution >= 4 is 12.2 Å². The molecule has 0 aliphatic heterocycles. The van der Waals surface area contributed by atoms with Gasteiger partial charge in [0, 0.05) is 0 Å². The lowest BCUT2D eigenvalue weighted by molar-refractivity contribution is -0.00357. The van der Waals surface area contributed by atoms with Crippen molar-refractivity contribution in [2.24, 2.45) is 0 Å². The van der Waals surface area contributed by atoms with Gasteiger partial charge in [0.1, 0.15) is 11.2 Å². The van der Waals surface area contributed by atoms with Gasteiger partial charge in [0.25, 0.3) is 0 Å². The fourth-order valence-corrected chi connectivity index (χ4v) is 1.80. The number of carbonyl (C=O) groups is 2. The first kappa shape index (κ1) is 16.5. The third-order valence-corrected chi connectivity index (χ3v) is 2.50. The van der Waals surface area contributed by atoms with Crippen LogP contribution in [0.1, 0.15) is 54.4 Å². The summed E-state index contributed by atoms with van der Waals surface area (Å²) in [4.78, 5) is 25.6. The van der Waals surface area contributed by atoms with Crippen LogP contribution in [0.15, 0.2) is 12.2 Å². The van der Waals surface area contributed by atoms with E-state index in [0.717, 1.165) is 11.3 Å². The minimum Gasteiger partial charge on any atom is -0.443 e. The van der Waals surface area contributed by atoms with Gasteiger partial charge in [-0.25, -0.2) is 14.5 Å². The van der Waals surface area contributed by atoms with Crippen molar-refractivity contribution in [1.29, 1.82) is 0 Å². The molecule has 0 aromatic carbocycles. The van der Waals surface area contributed by atoms with Crippen molar-refractivity contribution in [3.63, 3.8) is 0 Å².